The van der Waals surface area contributed by atoms with Gasteiger partial charge in [0, 0.05) is 0 Å². The number of halogens is 1. The van der Waals surface area contributed by atoms with Gasteiger partial charge in [0.1, 0.15) is 5.82 Å². The van der Waals surface area contributed by atoms with Crippen molar-refractivity contribution >= 4 is 0 Å². The molecule has 0 atom stereocenters. The van der Waals surface area contributed by atoms with Crippen LogP contribution in [0, 0.1) is 5.82 Å². The summed E-state index contributed by atoms with van der Waals surface area (Å²) in [5.74, 6) is 0.494. The number of benzene rings is 1. The molecule has 1 aliphatic heterocycles. The Morgan fingerprint density at radius 1 is 0.944 bits per heavy atom. The average molecular weight is 253 g/mol. The first-order valence-corrected chi connectivity index (χ1v) is 7.20. The Morgan fingerprint density at radius 3 is 1.83 bits per heavy atom. The van der Waals surface area contributed by atoms with Crippen LogP contribution in [0.1, 0.15) is 52.0 Å². The molecule has 0 aromatic heterocycles. The molecule has 0 aliphatic carbocycles. The molecule has 0 bridgehead atoms. The minimum absolute atomic E-state index is 0.137. The molecule has 1 aliphatic rings. The topological polar surface area (TPSA) is 3.24 Å². The van der Waals surface area contributed by atoms with Crippen molar-refractivity contribution < 1.29 is 4.39 Å². The number of nitrogens with zero attached hydrogens (tertiary/aromatic N) is 1. The van der Waals surface area contributed by atoms with Crippen molar-refractivity contribution in [2.24, 2.45) is 0 Å². The lowest BCUT2D eigenvalue weighted by molar-refractivity contribution is 0.255. The van der Waals surface area contributed by atoms with Gasteiger partial charge in [0.25, 0.3) is 0 Å². The fourth-order valence-corrected chi connectivity index (χ4v) is 2.08. The number of hydrogen-bond acceptors (Lipinski definition) is 1. The highest BCUT2D eigenvalue weighted by atomic mass is 19.1. The van der Waals surface area contributed by atoms with Crippen molar-refractivity contribution in [2.45, 2.75) is 46.5 Å². The van der Waals surface area contributed by atoms with Crippen LogP contribution in [-0.4, -0.2) is 25.0 Å². The third kappa shape index (κ3) is 5.63. The minimum Gasteiger partial charge on any atom is -0.306 e. The van der Waals surface area contributed by atoms with Gasteiger partial charge >= 0.3 is 0 Å². The summed E-state index contributed by atoms with van der Waals surface area (Å²) in [6.45, 7) is 10.3. The summed E-state index contributed by atoms with van der Waals surface area (Å²) in [6, 6.07) is 6.97. The van der Waals surface area contributed by atoms with Gasteiger partial charge in [0.15, 0.2) is 0 Å². The molecule has 1 nitrogen and oxygen atoms in total. The SMILES string of the molecule is CC.CC.CN1CCC(c2ccc(F)cc2)CC1. The maximum atomic E-state index is 12.7. The largest absolute Gasteiger partial charge is 0.306 e. The molecule has 0 spiro atoms. The Kier molecular flexibility index (Phi) is 9.57. The first-order valence-electron chi connectivity index (χ1n) is 7.20. The van der Waals surface area contributed by atoms with E-state index < -0.39 is 0 Å². The molecule has 1 saturated heterocycles. The maximum absolute atomic E-state index is 12.7. The molecule has 0 unspecified atom stereocenters. The molecular formula is C16H28FN. The maximum Gasteiger partial charge on any atom is 0.123 e. The van der Waals surface area contributed by atoms with Crippen LogP contribution in [-0.2, 0) is 0 Å². The highest BCUT2D eigenvalue weighted by Gasteiger charge is 2.17. The van der Waals surface area contributed by atoms with Gasteiger partial charge in [0.2, 0.25) is 0 Å². The van der Waals surface area contributed by atoms with E-state index in [1.165, 1.54) is 18.4 Å². The Morgan fingerprint density at radius 2 is 1.39 bits per heavy atom. The zero-order chi connectivity index (χ0) is 14.0. The van der Waals surface area contributed by atoms with Crippen molar-refractivity contribution in [3.63, 3.8) is 0 Å². The van der Waals surface area contributed by atoms with Gasteiger partial charge in [-0.1, -0.05) is 39.8 Å². The van der Waals surface area contributed by atoms with Crippen LogP contribution in [0.4, 0.5) is 4.39 Å². The third-order valence-electron chi connectivity index (χ3n) is 3.06. The molecule has 0 amide bonds. The predicted octanol–water partition coefficient (Wildman–Crippen LogP) is 4.69. The van der Waals surface area contributed by atoms with Gasteiger partial charge in [-0.3, -0.25) is 0 Å². The van der Waals surface area contributed by atoms with Crippen LogP contribution in [0.15, 0.2) is 24.3 Å². The zero-order valence-electron chi connectivity index (χ0n) is 12.5. The fourth-order valence-electron chi connectivity index (χ4n) is 2.08. The van der Waals surface area contributed by atoms with E-state index in [9.17, 15) is 4.39 Å². The quantitative estimate of drug-likeness (QED) is 0.702. The van der Waals surface area contributed by atoms with E-state index in [1.54, 1.807) is 12.1 Å². The van der Waals surface area contributed by atoms with Crippen LogP contribution in [0.25, 0.3) is 0 Å². The average Bonchev–Trinajstić information content (AvgIpc) is 2.45. The summed E-state index contributed by atoms with van der Waals surface area (Å²) in [7, 11) is 2.15. The second kappa shape index (κ2) is 10.1. The van der Waals surface area contributed by atoms with Crippen LogP contribution in [0.3, 0.4) is 0 Å². The van der Waals surface area contributed by atoms with Gasteiger partial charge in [-0.05, 0) is 56.6 Å². The lowest BCUT2D eigenvalue weighted by Gasteiger charge is -2.29. The van der Waals surface area contributed by atoms with Crippen molar-refractivity contribution in [3.8, 4) is 0 Å². The third-order valence-corrected chi connectivity index (χ3v) is 3.06. The molecule has 2 rings (SSSR count). The summed E-state index contributed by atoms with van der Waals surface area (Å²) in [5.41, 5.74) is 1.29. The first kappa shape index (κ1) is 17.1. The summed E-state index contributed by atoms with van der Waals surface area (Å²) >= 11 is 0. The fraction of sp³-hybridized carbons (Fsp3) is 0.625. The molecule has 1 aromatic rings. The summed E-state index contributed by atoms with van der Waals surface area (Å²) in [5, 5.41) is 0. The zero-order valence-corrected chi connectivity index (χ0v) is 12.5. The van der Waals surface area contributed by atoms with Gasteiger partial charge < -0.3 is 4.90 Å². The van der Waals surface area contributed by atoms with Crippen LogP contribution < -0.4 is 0 Å². The first-order chi connectivity index (χ1) is 8.75. The van der Waals surface area contributed by atoms with Crippen molar-refractivity contribution in [3.05, 3.63) is 35.6 Å². The van der Waals surface area contributed by atoms with E-state index >= 15 is 0 Å². The molecule has 0 radical (unpaired) electrons. The normalized spacial score (nSPS) is 16.1. The monoisotopic (exact) mass is 253 g/mol. The van der Waals surface area contributed by atoms with Crippen LogP contribution >= 0.6 is 0 Å². The standard InChI is InChI=1S/C12H16FN.2C2H6/c1-14-8-6-11(7-9-14)10-2-4-12(13)5-3-10;2*1-2/h2-5,11H,6-9H2,1H3;2*1-2H3. The van der Waals surface area contributed by atoms with Gasteiger partial charge in [-0.2, -0.15) is 0 Å². The van der Waals surface area contributed by atoms with Gasteiger partial charge in [-0.25, -0.2) is 4.39 Å². The van der Waals surface area contributed by atoms with E-state index in [4.69, 9.17) is 0 Å². The molecule has 0 N–H and O–H groups in total. The lowest BCUT2D eigenvalue weighted by Crippen LogP contribution is -2.29. The smallest absolute Gasteiger partial charge is 0.123 e. The van der Waals surface area contributed by atoms with E-state index in [0.29, 0.717) is 5.92 Å². The Hall–Kier alpha value is -0.890. The van der Waals surface area contributed by atoms with Gasteiger partial charge in [0.05, 0.1) is 0 Å². The minimum atomic E-state index is -0.137. The number of rotatable bonds is 1. The van der Waals surface area contributed by atoms with E-state index in [2.05, 4.69) is 11.9 Å². The molecule has 2 heteroatoms. The highest BCUT2D eigenvalue weighted by Crippen LogP contribution is 2.27. The Balaban J connectivity index is 0.000000659. The van der Waals surface area contributed by atoms with E-state index in [-0.39, 0.29) is 5.82 Å². The molecule has 104 valence electrons. The van der Waals surface area contributed by atoms with Gasteiger partial charge in [-0.15, -0.1) is 0 Å². The van der Waals surface area contributed by atoms with E-state index in [1.807, 2.05) is 39.8 Å². The highest BCUT2D eigenvalue weighted by molar-refractivity contribution is 5.20. The molecule has 1 fully saturated rings. The molecule has 18 heavy (non-hydrogen) atoms. The number of piperidine rings is 1. The summed E-state index contributed by atoms with van der Waals surface area (Å²) < 4.78 is 12.7. The predicted molar refractivity (Wildman–Crippen MR) is 78.6 cm³/mol. The Labute approximate surface area is 112 Å². The van der Waals surface area contributed by atoms with Crippen LogP contribution in [0.5, 0.6) is 0 Å². The molecular weight excluding hydrogens is 225 g/mol. The Bertz CT molecular complexity index is 286. The second-order valence-corrected chi connectivity index (χ2v) is 4.13. The number of likely N-dealkylation sites (tertiary alicyclic amines) is 1. The van der Waals surface area contributed by atoms with Crippen molar-refractivity contribution in [2.75, 3.05) is 20.1 Å². The number of hydrogen-bond donors (Lipinski definition) is 0. The summed E-state index contributed by atoms with van der Waals surface area (Å²) in [4.78, 5) is 2.35. The van der Waals surface area contributed by atoms with E-state index in [0.717, 1.165) is 13.1 Å². The molecule has 1 aromatic carbocycles. The van der Waals surface area contributed by atoms with Crippen molar-refractivity contribution in [1.82, 2.24) is 4.90 Å². The molecule has 1 heterocycles. The summed E-state index contributed by atoms with van der Waals surface area (Å²) in [6.07, 6.45) is 2.39. The lowest BCUT2D eigenvalue weighted by atomic mass is 9.90. The second-order valence-electron chi connectivity index (χ2n) is 4.13. The van der Waals surface area contributed by atoms with Crippen LogP contribution in [0.2, 0.25) is 0 Å². The molecule has 0 saturated carbocycles. The van der Waals surface area contributed by atoms with Crippen molar-refractivity contribution in [1.29, 1.82) is 0 Å².